The van der Waals surface area contributed by atoms with E-state index in [-0.39, 0.29) is 12.2 Å². The maximum absolute atomic E-state index is 13.5. The molecule has 1 fully saturated rings. The molecule has 2 rings (SSSR count). The molecule has 1 unspecified atom stereocenters. The van der Waals surface area contributed by atoms with Crippen LogP contribution >= 0.6 is 0 Å². The molecule has 1 heterocycles. The van der Waals surface area contributed by atoms with Crippen molar-refractivity contribution < 1.29 is 14.3 Å². The predicted octanol–water partition coefficient (Wildman–Crippen LogP) is 2.68. The Bertz CT molecular complexity index is 473. The minimum absolute atomic E-state index is 0.00286. The fourth-order valence-electron chi connectivity index (χ4n) is 2.68. The number of carboxylic acids is 1. The Morgan fingerprint density at radius 3 is 2.70 bits per heavy atom. The number of carboxylic acid groups (broad SMARTS) is 1. The number of aliphatic carboxylic acids is 1. The zero-order chi connectivity index (χ0) is 14.5. The number of nitrogens with two attached hydrogens (primary N) is 1. The molecule has 0 aromatic heterocycles. The van der Waals surface area contributed by atoms with Crippen molar-refractivity contribution in [2.75, 3.05) is 18.0 Å². The van der Waals surface area contributed by atoms with E-state index in [0.717, 1.165) is 31.6 Å². The van der Waals surface area contributed by atoms with Crippen molar-refractivity contribution in [2.45, 2.75) is 38.1 Å². The summed E-state index contributed by atoms with van der Waals surface area (Å²) in [5.74, 6) is -1.21. The van der Waals surface area contributed by atoms with Gasteiger partial charge in [0, 0.05) is 31.2 Å². The lowest BCUT2D eigenvalue weighted by Gasteiger charge is -2.32. The zero-order valence-electron chi connectivity index (χ0n) is 11.5. The van der Waals surface area contributed by atoms with Crippen LogP contribution in [0.2, 0.25) is 0 Å². The zero-order valence-corrected chi connectivity index (χ0v) is 11.5. The van der Waals surface area contributed by atoms with Gasteiger partial charge in [0.25, 0.3) is 0 Å². The molecule has 4 nitrogen and oxygen atoms in total. The summed E-state index contributed by atoms with van der Waals surface area (Å²) in [5, 5.41) is 8.74. The van der Waals surface area contributed by atoms with Gasteiger partial charge in [-0.05, 0) is 49.4 Å². The molecule has 0 radical (unpaired) electrons. The first-order chi connectivity index (χ1) is 9.58. The van der Waals surface area contributed by atoms with Crippen LogP contribution in [0.1, 0.15) is 43.7 Å². The number of hydrogen-bond acceptors (Lipinski definition) is 3. The predicted molar refractivity (Wildman–Crippen MR) is 76.3 cm³/mol. The second-order valence-corrected chi connectivity index (χ2v) is 5.29. The monoisotopic (exact) mass is 280 g/mol. The first-order valence-electron chi connectivity index (χ1n) is 7.09. The molecule has 0 spiro atoms. The van der Waals surface area contributed by atoms with E-state index in [9.17, 15) is 9.18 Å². The van der Waals surface area contributed by atoms with Gasteiger partial charge < -0.3 is 15.7 Å². The number of nitrogens with zero attached hydrogens (tertiary/aromatic N) is 1. The van der Waals surface area contributed by atoms with E-state index in [4.69, 9.17) is 10.8 Å². The third-order valence-electron chi connectivity index (χ3n) is 3.76. The number of anilines is 1. The molecule has 1 aromatic carbocycles. The molecule has 110 valence electrons. The Hall–Kier alpha value is -1.62. The molecule has 1 saturated heterocycles. The third kappa shape index (κ3) is 3.70. The first-order valence-corrected chi connectivity index (χ1v) is 7.09. The van der Waals surface area contributed by atoms with Crippen molar-refractivity contribution in [3.05, 3.63) is 29.6 Å². The number of benzene rings is 1. The largest absolute Gasteiger partial charge is 0.481 e. The Morgan fingerprint density at radius 1 is 1.35 bits per heavy atom. The molecule has 1 aromatic rings. The lowest BCUT2D eigenvalue weighted by atomic mass is 9.98. The number of hydrogen-bond donors (Lipinski definition) is 2. The summed E-state index contributed by atoms with van der Waals surface area (Å²) in [6, 6.07) is 4.20. The van der Waals surface area contributed by atoms with Crippen molar-refractivity contribution >= 4 is 11.7 Å². The van der Waals surface area contributed by atoms with Gasteiger partial charge in [-0.1, -0.05) is 0 Å². The van der Waals surface area contributed by atoms with E-state index in [2.05, 4.69) is 4.90 Å². The molecule has 5 heteroatoms. The quantitative estimate of drug-likeness (QED) is 0.870. The van der Waals surface area contributed by atoms with Gasteiger partial charge in [-0.15, -0.1) is 0 Å². The molecule has 1 aliphatic rings. The first kappa shape index (κ1) is 14.8. The summed E-state index contributed by atoms with van der Waals surface area (Å²) < 4.78 is 13.5. The van der Waals surface area contributed by atoms with Crippen molar-refractivity contribution in [3.8, 4) is 0 Å². The van der Waals surface area contributed by atoms with Gasteiger partial charge in [-0.3, -0.25) is 4.79 Å². The average Bonchev–Trinajstić information content (AvgIpc) is 2.45. The third-order valence-corrected chi connectivity index (χ3v) is 3.76. The van der Waals surface area contributed by atoms with E-state index < -0.39 is 12.0 Å². The minimum Gasteiger partial charge on any atom is -0.481 e. The maximum Gasteiger partial charge on any atom is 0.303 e. The Balaban J connectivity index is 2.20. The summed E-state index contributed by atoms with van der Waals surface area (Å²) in [6.07, 6.45) is 3.79. The fourth-order valence-corrected chi connectivity index (χ4v) is 2.68. The van der Waals surface area contributed by atoms with Gasteiger partial charge in [0.2, 0.25) is 0 Å². The Morgan fingerprint density at radius 2 is 2.05 bits per heavy atom. The van der Waals surface area contributed by atoms with Crippen LogP contribution in [0.15, 0.2) is 18.2 Å². The maximum atomic E-state index is 13.5. The van der Waals surface area contributed by atoms with E-state index in [0.29, 0.717) is 12.0 Å². The molecule has 0 amide bonds. The second-order valence-electron chi connectivity index (χ2n) is 5.29. The van der Waals surface area contributed by atoms with Gasteiger partial charge in [-0.2, -0.15) is 0 Å². The molecular formula is C15H21FN2O2. The molecule has 3 N–H and O–H groups in total. The van der Waals surface area contributed by atoms with E-state index in [1.807, 2.05) is 0 Å². The van der Waals surface area contributed by atoms with Gasteiger partial charge in [0.15, 0.2) is 0 Å². The van der Waals surface area contributed by atoms with Crippen molar-refractivity contribution in [1.82, 2.24) is 0 Å². The minimum atomic E-state index is -0.878. The summed E-state index contributed by atoms with van der Waals surface area (Å²) in [6.45, 7) is 1.90. The van der Waals surface area contributed by atoms with E-state index in [1.165, 1.54) is 18.6 Å². The Labute approximate surface area is 118 Å². The van der Waals surface area contributed by atoms with Crippen molar-refractivity contribution in [3.63, 3.8) is 0 Å². The lowest BCUT2D eigenvalue weighted by molar-refractivity contribution is -0.137. The van der Waals surface area contributed by atoms with Crippen LogP contribution in [0.4, 0.5) is 10.1 Å². The highest BCUT2D eigenvalue weighted by Crippen LogP contribution is 2.30. The molecule has 1 atom stereocenters. The van der Waals surface area contributed by atoms with Crippen LogP contribution in [0, 0.1) is 5.82 Å². The highest BCUT2D eigenvalue weighted by Gasteiger charge is 2.19. The fraction of sp³-hybridized carbons (Fsp3) is 0.533. The van der Waals surface area contributed by atoms with Crippen LogP contribution < -0.4 is 10.6 Å². The number of rotatable bonds is 5. The van der Waals surface area contributed by atoms with Crippen LogP contribution in [0.3, 0.4) is 0 Å². The van der Waals surface area contributed by atoms with Crippen LogP contribution in [0.25, 0.3) is 0 Å². The summed E-state index contributed by atoms with van der Waals surface area (Å²) >= 11 is 0. The van der Waals surface area contributed by atoms with Crippen molar-refractivity contribution in [1.29, 1.82) is 0 Å². The second kappa shape index (κ2) is 6.70. The van der Waals surface area contributed by atoms with Crippen LogP contribution in [-0.4, -0.2) is 24.2 Å². The molecular weight excluding hydrogens is 259 g/mol. The standard InChI is InChI=1S/C15H21FN2O2/c16-11-4-6-14(18-8-2-1-3-9-18)12(10-11)13(17)5-7-15(19)20/h4,6,10,13H,1-3,5,7-9,17H2,(H,19,20). The van der Waals surface area contributed by atoms with E-state index >= 15 is 0 Å². The molecule has 0 bridgehead atoms. The lowest BCUT2D eigenvalue weighted by Crippen LogP contribution is -2.31. The summed E-state index contributed by atoms with van der Waals surface area (Å²) in [7, 11) is 0. The molecule has 0 saturated carbocycles. The molecule has 1 aliphatic heterocycles. The van der Waals surface area contributed by atoms with Crippen molar-refractivity contribution in [2.24, 2.45) is 5.73 Å². The molecule has 0 aliphatic carbocycles. The number of piperidine rings is 1. The van der Waals surface area contributed by atoms with E-state index in [1.54, 1.807) is 6.07 Å². The van der Waals surface area contributed by atoms with Crippen LogP contribution in [0.5, 0.6) is 0 Å². The van der Waals surface area contributed by atoms with Crippen LogP contribution in [-0.2, 0) is 4.79 Å². The van der Waals surface area contributed by atoms with Gasteiger partial charge in [-0.25, -0.2) is 4.39 Å². The number of halogens is 1. The Kier molecular flexibility index (Phi) is 4.95. The highest BCUT2D eigenvalue weighted by molar-refractivity contribution is 5.67. The SMILES string of the molecule is NC(CCC(=O)O)c1cc(F)ccc1N1CCCCC1. The van der Waals surface area contributed by atoms with Gasteiger partial charge in [0.1, 0.15) is 5.82 Å². The highest BCUT2D eigenvalue weighted by atomic mass is 19.1. The molecule has 20 heavy (non-hydrogen) atoms. The summed E-state index contributed by atoms with van der Waals surface area (Å²) in [4.78, 5) is 12.9. The smallest absolute Gasteiger partial charge is 0.303 e. The van der Waals surface area contributed by atoms with Gasteiger partial charge >= 0.3 is 5.97 Å². The normalized spacial score (nSPS) is 17.0. The average molecular weight is 280 g/mol. The topological polar surface area (TPSA) is 66.6 Å². The van der Waals surface area contributed by atoms with Gasteiger partial charge in [0.05, 0.1) is 0 Å². The number of carbonyl (C=O) groups is 1. The summed E-state index contributed by atoms with van der Waals surface area (Å²) in [5.41, 5.74) is 7.73.